The molecule has 0 fully saturated rings. The number of aromatic hydroxyl groups is 1. The molecule has 0 heterocycles. The highest BCUT2D eigenvalue weighted by Crippen LogP contribution is 2.36. The van der Waals surface area contributed by atoms with Crippen molar-refractivity contribution in [2.45, 2.75) is 6.54 Å². The zero-order chi connectivity index (χ0) is 10.7. The van der Waals surface area contributed by atoms with Crippen molar-refractivity contribution in [2.24, 2.45) is 0 Å². The lowest BCUT2D eigenvalue weighted by atomic mass is 10.2. The first kappa shape index (κ1) is 11.0. The summed E-state index contributed by atoms with van der Waals surface area (Å²) in [6.45, 7) is -0.0534. The van der Waals surface area contributed by atoms with Crippen LogP contribution < -0.4 is 10.2 Å². The Balaban J connectivity index is 3.27. The second kappa shape index (κ2) is 4.45. The van der Waals surface area contributed by atoms with Crippen molar-refractivity contribution in [3.63, 3.8) is 0 Å². The van der Waals surface area contributed by atoms with E-state index in [-0.39, 0.29) is 28.6 Å². The zero-order valence-corrected chi connectivity index (χ0v) is 8.10. The van der Waals surface area contributed by atoms with Gasteiger partial charge in [-0.25, -0.2) is 9.87 Å². The average molecular weight is 222 g/mol. The van der Waals surface area contributed by atoms with E-state index in [1.54, 1.807) is 0 Å². The number of halogens is 2. The molecular formula is C8H9ClFNO3. The first-order valence-corrected chi connectivity index (χ1v) is 4.10. The molecule has 0 spiro atoms. The van der Waals surface area contributed by atoms with E-state index in [4.69, 9.17) is 16.8 Å². The highest BCUT2D eigenvalue weighted by molar-refractivity contribution is 6.31. The van der Waals surface area contributed by atoms with Gasteiger partial charge in [-0.05, 0) is 6.07 Å². The Morgan fingerprint density at radius 2 is 2.29 bits per heavy atom. The Morgan fingerprint density at radius 1 is 1.64 bits per heavy atom. The molecule has 1 rings (SSSR count). The summed E-state index contributed by atoms with van der Waals surface area (Å²) in [7, 11) is 1.21. The molecule has 1 aromatic carbocycles. The first-order valence-electron chi connectivity index (χ1n) is 3.72. The van der Waals surface area contributed by atoms with Gasteiger partial charge in [-0.1, -0.05) is 11.6 Å². The molecule has 6 heteroatoms. The van der Waals surface area contributed by atoms with E-state index in [2.05, 4.69) is 4.74 Å². The van der Waals surface area contributed by atoms with Gasteiger partial charge in [-0.3, -0.25) is 0 Å². The number of nitrogens with one attached hydrogen (secondary N) is 1. The molecule has 0 aliphatic heterocycles. The quantitative estimate of drug-likeness (QED) is 0.680. The molecular weight excluding hydrogens is 213 g/mol. The van der Waals surface area contributed by atoms with Crippen LogP contribution in [-0.2, 0) is 6.54 Å². The Morgan fingerprint density at radius 3 is 2.79 bits per heavy atom. The van der Waals surface area contributed by atoms with Gasteiger partial charge in [-0.2, -0.15) is 0 Å². The number of hydroxylamine groups is 1. The van der Waals surface area contributed by atoms with Gasteiger partial charge in [-0.15, -0.1) is 0 Å². The van der Waals surface area contributed by atoms with Crippen molar-refractivity contribution in [2.75, 3.05) is 7.11 Å². The fourth-order valence-corrected chi connectivity index (χ4v) is 1.27. The standard InChI is InChI=1S/C8H9ClFNO3/c1-14-8-6(10)5(9)2-4(3-11-13)7(8)12/h2,11-13H,3H2,1H3. The van der Waals surface area contributed by atoms with Crippen LogP contribution in [0.2, 0.25) is 5.02 Å². The van der Waals surface area contributed by atoms with E-state index in [0.29, 0.717) is 0 Å². The summed E-state index contributed by atoms with van der Waals surface area (Å²) < 4.78 is 17.8. The van der Waals surface area contributed by atoms with E-state index in [1.165, 1.54) is 13.2 Å². The fraction of sp³-hybridized carbons (Fsp3) is 0.250. The van der Waals surface area contributed by atoms with Gasteiger partial charge in [0.25, 0.3) is 0 Å². The van der Waals surface area contributed by atoms with Crippen LogP contribution >= 0.6 is 11.6 Å². The molecule has 0 radical (unpaired) electrons. The van der Waals surface area contributed by atoms with Gasteiger partial charge >= 0.3 is 0 Å². The topological polar surface area (TPSA) is 61.7 Å². The van der Waals surface area contributed by atoms with Crippen molar-refractivity contribution in [1.29, 1.82) is 0 Å². The maximum absolute atomic E-state index is 13.2. The third kappa shape index (κ3) is 1.89. The lowest BCUT2D eigenvalue weighted by molar-refractivity contribution is 0.160. The van der Waals surface area contributed by atoms with Crippen molar-refractivity contribution in [3.05, 3.63) is 22.5 Å². The normalized spacial score (nSPS) is 10.3. The molecule has 0 saturated heterocycles. The second-order valence-corrected chi connectivity index (χ2v) is 2.96. The minimum absolute atomic E-state index is 0.0534. The van der Waals surface area contributed by atoms with Crippen LogP contribution in [0.15, 0.2) is 6.07 Å². The molecule has 0 aromatic heterocycles. The van der Waals surface area contributed by atoms with E-state index in [1.807, 2.05) is 5.48 Å². The average Bonchev–Trinajstić information content (AvgIpc) is 2.16. The maximum atomic E-state index is 13.2. The molecule has 0 amide bonds. The highest BCUT2D eigenvalue weighted by atomic mass is 35.5. The Kier molecular flexibility index (Phi) is 3.51. The Bertz CT molecular complexity index is 346. The molecule has 4 nitrogen and oxygen atoms in total. The number of phenolic OH excluding ortho intramolecular Hbond substituents is 1. The van der Waals surface area contributed by atoms with Crippen LogP contribution in [0, 0.1) is 5.82 Å². The van der Waals surface area contributed by atoms with Crippen LogP contribution in [0.3, 0.4) is 0 Å². The van der Waals surface area contributed by atoms with E-state index in [0.717, 1.165) is 0 Å². The zero-order valence-electron chi connectivity index (χ0n) is 7.34. The van der Waals surface area contributed by atoms with Crippen LogP contribution in [-0.4, -0.2) is 17.4 Å². The van der Waals surface area contributed by atoms with E-state index < -0.39 is 5.82 Å². The number of hydrogen-bond acceptors (Lipinski definition) is 4. The molecule has 14 heavy (non-hydrogen) atoms. The number of benzene rings is 1. The molecule has 3 N–H and O–H groups in total. The van der Waals surface area contributed by atoms with Crippen LogP contribution in [0.5, 0.6) is 11.5 Å². The maximum Gasteiger partial charge on any atom is 0.198 e. The van der Waals surface area contributed by atoms with Gasteiger partial charge < -0.3 is 15.1 Å². The monoisotopic (exact) mass is 221 g/mol. The number of hydrogen-bond donors (Lipinski definition) is 3. The summed E-state index contributed by atoms with van der Waals surface area (Å²) in [5.74, 6) is -1.54. The van der Waals surface area contributed by atoms with Crippen molar-refractivity contribution in [1.82, 2.24) is 5.48 Å². The highest BCUT2D eigenvalue weighted by Gasteiger charge is 2.17. The van der Waals surface area contributed by atoms with Gasteiger partial charge in [0, 0.05) is 12.1 Å². The summed E-state index contributed by atoms with van der Waals surface area (Å²) in [4.78, 5) is 0. The van der Waals surface area contributed by atoms with Crippen molar-refractivity contribution in [3.8, 4) is 11.5 Å². The minimum atomic E-state index is -0.826. The van der Waals surface area contributed by atoms with Gasteiger partial charge in [0.05, 0.1) is 12.1 Å². The predicted octanol–water partition coefficient (Wildman–Crippen LogP) is 1.67. The molecule has 78 valence electrons. The van der Waals surface area contributed by atoms with E-state index >= 15 is 0 Å². The number of rotatable bonds is 3. The molecule has 0 aliphatic rings. The third-order valence-electron chi connectivity index (χ3n) is 1.70. The lowest BCUT2D eigenvalue weighted by Crippen LogP contribution is -2.07. The summed E-state index contributed by atoms with van der Waals surface area (Å²) in [5, 5.41) is 17.7. The second-order valence-electron chi connectivity index (χ2n) is 2.55. The van der Waals surface area contributed by atoms with Crippen LogP contribution in [0.4, 0.5) is 4.39 Å². The Labute approximate surface area is 84.8 Å². The fourth-order valence-electron chi connectivity index (χ4n) is 1.05. The van der Waals surface area contributed by atoms with Crippen molar-refractivity contribution >= 4 is 11.6 Å². The lowest BCUT2D eigenvalue weighted by Gasteiger charge is -2.10. The number of phenols is 1. The summed E-state index contributed by atoms with van der Waals surface area (Å²) in [6.07, 6.45) is 0. The SMILES string of the molecule is COc1c(O)c(CNO)cc(Cl)c1F. The minimum Gasteiger partial charge on any atom is -0.504 e. The predicted molar refractivity (Wildman–Crippen MR) is 48.3 cm³/mol. The molecule has 0 atom stereocenters. The van der Waals surface area contributed by atoms with Crippen LogP contribution in [0.25, 0.3) is 0 Å². The molecule has 0 bridgehead atoms. The largest absolute Gasteiger partial charge is 0.504 e. The summed E-state index contributed by atoms with van der Waals surface area (Å²) in [5.41, 5.74) is 2.07. The molecule has 0 unspecified atom stereocenters. The van der Waals surface area contributed by atoms with Gasteiger partial charge in [0.2, 0.25) is 0 Å². The number of methoxy groups -OCH3 is 1. The van der Waals surface area contributed by atoms with Gasteiger partial charge in [0.15, 0.2) is 17.3 Å². The van der Waals surface area contributed by atoms with Crippen molar-refractivity contribution < 1.29 is 19.4 Å². The third-order valence-corrected chi connectivity index (χ3v) is 1.98. The smallest absolute Gasteiger partial charge is 0.198 e. The van der Waals surface area contributed by atoms with Gasteiger partial charge in [0.1, 0.15) is 0 Å². The molecule has 1 aromatic rings. The summed E-state index contributed by atoms with van der Waals surface area (Å²) >= 11 is 5.53. The van der Waals surface area contributed by atoms with Crippen LogP contribution in [0.1, 0.15) is 5.56 Å². The number of ether oxygens (including phenoxy) is 1. The summed E-state index contributed by atoms with van der Waals surface area (Å²) in [6, 6.07) is 1.21. The van der Waals surface area contributed by atoms with E-state index in [9.17, 15) is 9.50 Å². The Hall–Kier alpha value is -1.04. The molecule has 0 saturated carbocycles. The first-order chi connectivity index (χ1) is 6.61. The molecule has 0 aliphatic carbocycles.